The van der Waals surface area contributed by atoms with Crippen LogP contribution in [0.3, 0.4) is 0 Å². The van der Waals surface area contributed by atoms with Crippen LogP contribution in [0.2, 0.25) is 0 Å². The zero-order valence-corrected chi connectivity index (χ0v) is 15.9. The molecule has 5 nitrogen and oxygen atoms in total. The third kappa shape index (κ3) is 4.89. The van der Waals surface area contributed by atoms with Crippen LogP contribution in [-0.2, 0) is 17.9 Å². The van der Waals surface area contributed by atoms with E-state index < -0.39 is 0 Å². The Bertz CT molecular complexity index is 721. The highest BCUT2D eigenvalue weighted by molar-refractivity contribution is 9.10. The minimum Gasteiger partial charge on any atom is -0.340 e. The first kappa shape index (κ1) is 18.1. The van der Waals surface area contributed by atoms with Crippen LogP contribution in [-0.4, -0.2) is 51.7 Å². The molecule has 0 N–H and O–H groups in total. The maximum absolute atomic E-state index is 13.3. The molecule has 2 aromatic rings. The molecule has 7 heteroatoms. The molecule has 25 heavy (non-hydrogen) atoms. The van der Waals surface area contributed by atoms with Gasteiger partial charge in [0.15, 0.2) is 0 Å². The summed E-state index contributed by atoms with van der Waals surface area (Å²) in [7, 11) is 0. The third-order valence-corrected chi connectivity index (χ3v) is 5.24. The molecule has 1 aromatic heterocycles. The Morgan fingerprint density at radius 3 is 2.68 bits per heavy atom. The first-order valence-corrected chi connectivity index (χ1v) is 9.25. The molecule has 0 unspecified atom stereocenters. The number of amides is 1. The Morgan fingerprint density at radius 2 is 2.04 bits per heavy atom. The number of hydrogen-bond donors (Lipinski definition) is 0. The highest BCUT2D eigenvalue weighted by atomic mass is 79.9. The molecule has 1 amide bonds. The van der Waals surface area contributed by atoms with Crippen molar-refractivity contribution in [2.75, 3.05) is 26.2 Å². The Morgan fingerprint density at radius 1 is 1.28 bits per heavy atom. The molecule has 0 saturated carbocycles. The van der Waals surface area contributed by atoms with E-state index >= 15 is 0 Å². The number of piperazine rings is 1. The van der Waals surface area contributed by atoms with E-state index in [2.05, 4.69) is 25.9 Å². The number of halogens is 2. The maximum atomic E-state index is 13.3. The summed E-state index contributed by atoms with van der Waals surface area (Å²) in [5.41, 5.74) is 1.90. The fourth-order valence-electron chi connectivity index (χ4n) is 3.03. The topological polar surface area (TPSA) is 41.4 Å². The second-order valence-electron chi connectivity index (χ2n) is 6.36. The lowest BCUT2D eigenvalue weighted by atomic mass is 10.2. The monoisotopic (exact) mass is 408 g/mol. The van der Waals surface area contributed by atoms with Gasteiger partial charge in [-0.05, 0) is 40.5 Å². The van der Waals surface area contributed by atoms with Crippen LogP contribution in [0.15, 0.2) is 34.9 Å². The summed E-state index contributed by atoms with van der Waals surface area (Å²) in [6.07, 6.45) is 2.36. The van der Waals surface area contributed by atoms with Gasteiger partial charge >= 0.3 is 0 Å². The standard InChI is InChI=1S/C18H22BrFN4O/c1-14-17(19)13-24(21-14)6-5-18(25)23-9-7-22(8-10-23)12-15-3-2-4-16(20)11-15/h2-4,11,13H,5-10,12H2,1H3. The average molecular weight is 409 g/mol. The van der Waals surface area contributed by atoms with Gasteiger partial charge in [-0.1, -0.05) is 12.1 Å². The predicted molar refractivity (Wildman–Crippen MR) is 97.5 cm³/mol. The van der Waals surface area contributed by atoms with Crippen LogP contribution in [0, 0.1) is 12.7 Å². The molecule has 1 fully saturated rings. The van der Waals surface area contributed by atoms with Crippen molar-refractivity contribution in [2.45, 2.75) is 26.4 Å². The van der Waals surface area contributed by atoms with E-state index in [1.807, 2.05) is 24.1 Å². The number of rotatable bonds is 5. The lowest BCUT2D eigenvalue weighted by Crippen LogP contribution is -2.48. The van der Waals surface area contributed by atoms with Crippen molar-refractivity contribution in [1.29, 1.82) is 0 Å². The van der Waals surface area contributed by atoms with Crippen LogP contribution in [0.1, 0.15) is 17.7 Å². The van der Waals surface area contributed by atoms with Crippen LogP contribution in [0.25, 0.3) is 0 Å². The summed E-state index contributed by atoms with van der Waals surface area (Å²) in [6.45, 7) is 6.31. The van der Waals surface area contributed by atoms with Gasteiger partial charge in [-0.3, -0.25) is 14.4 Å². The van der Waals surface area contributed by atoms with Crippen molar-refractivity contribution >= 4 is 21.8 Å². The summed E-state index contributed by atoms with van der Waals surface area (Å²) < 4.78 is 16.0. The zero-order valence-electron chi connectivity index (χ0n) is 14.3. The Balaban J connectivity index is 1.44. The number of aryl methyl sites for hydroxylation is 2. The third-order valence-electron chi connectivity index (χ3n) is 4.46. The van der Waals surface area contributed by atoms with E-state index in [9.17, 15) is 9.18 Å². The van der Waals surface area contributed by atoms with E-state index in [1.165, 1.54) is 6.07 Å². The van der Waals surface area contributed by atoms with Crippen LogP contribution < -0.4 is 0 Å². The number of benzene rings is 1. The van der Waals surface area contributed by atoms with E-state index in [0.29, 0.717) is 13.0 Å². The highest BCUT2D eigenvalue weighted by Gasteiger charge is 2.21. The van der Waals surface area contributed by atoms with Gasteiger partial charge in [0.25, 0.3) is 0 Å². The summed E-state index contributed by atoms with van der Waals surface area (Å²) in [6, 6.07) is 6.70. The van der Waals surface area contributed by atoms with Crippen LogP contribution in [0.4, 0.5) is 4.39 Å². The molecule has 1 saturated heterocycles. The van der Waals surface area contributed by atoms with Crippen molar-refractivity contribution < 1.29 is 9.18 Å². The molecule has 1 aromatic carbocycles. The van der Waals surface area contributed by atoms with Gasteiger partial charge in [-0.15, -0.1) is 0 Å². The fourth-order valence-corrected chi connectivity index (χ4v) is 3.34. The van der Waals surface area contributed by atoms with Crippen molar-refractivity contribution in [3.05, 3.63) is 52.0 Å². The van der Waals surface area contributed by atoms with Gasteiger partial charge in [0.2, 0.25) is 5.91 Å². The molecular formula is C18H22BrFN4O. The molecule has 3 rings (SSSR count). The van der Waals surface area contributed by atoms with Crippen molar-refractivity contribution in [1.82, 2.24) is 19.6 Å². The molecule has 1 aliphatic rings. The van der Waals surface area contributed by atoms with Crippen LogP contribution >= 0.6 is 15.9 Å². The largest absolute Gasteiger partial charge is 0.340 e. The molecule has 0 radical (unpaired) electrons. The molecular weight excluding hydrogens is 387 g/mol. The Kier molecular flexibility index (Phi) is 5.86. The fraction of sp³-hybridized carbons (Fsp3) is 0.444. The van der Waals surface area contributed by atoms with E-state index in [1.54, 1.807) is 16.8 Å². The molecule has 0 bridgehead atoms. The maximum Gasteiger partial charge on any atom is 0.224 e. The summed E-state index contributed by atoms with van der Waals surface area (Å²) in [4.78, 5) is 16.5. The highest BCUT2D eigenvalue weighted by Crippen LogP contribution is 2.14. The molecule has 1 aliphatic heterocycles. The number of carbonyl (C=O) groups excluding carboxylic acids is 1. The van der Waals surface area contributed by atoms with E-state index in [4.69, 9.17) is 0 Å². The summed E-state index contributed by atoms with van der Waals surface area (Å²) in [5, 5.41) is 4.35. The first-order valence-electron chi connectivity index (χ1n) is 8.45. The first-order chi connectivity index (χ1) is 12.0. The smallest absolute Gasteiger partial charge is 0.224 e. The van der Waals surface area contributed by atoms with Gasteiger partial charge in [-0.2, -0.15) is 5.10 Å². The SMILES string of the molecule is Cc1nn(CCC(=O)N2CCN(Cc3cccc(F)c3)CC2)cc1Br. The van der Waals surface area contributed by atoms with Crippen molar-refractivity contribution in [3.63, 3.8) is 0 Å². The van der Waals surface area contributed by atoms with Gasteiger partial charge in [0, 0.05) is 51.9 Å². The van der Waals surface area contributed by atoms with Gasteiger partial charge < -0.3 is 4.90 Å². The second-order valence-corrected chi connectivity index (χ2v) is 7.22. The average Bonchev–Trinajstić information content (AvgIpc) is 2.91. The molecule has 134 valence electrons. The number of nitrogens with zero attached hydrogens (tertiary/aromatic N) is 4. The minimum absolute atomic E-state index is 0.162. The number of hydrogen-bond acceptors (Lipinski definition) is 3. The molecule has 0 aliphatic carbocycles. The Hall–Kier alpha value is -1.73. The van der Waals surface area contributed by atoms with Gasteiger partial charge in [0.05, 0.1) is 10.2 Å². The Labute approximate surface area is 155 Å². The van der Waals surface area contributed by atoms with Crippen molar-refractivity contribution in [2.24, 2.45) is 0 Å². The predicted octanol–water partition coefficient (Wildman–Crippen LogP) is 2.83. The molecule has 0 spiro atoms. The van der Waals surface area contributed by atoms with Gasteiger partial charge in [0.1, 0.15) is 5.82 Å². The molecule has 2 heterocycles. The van der Waals surface area contributed by atoms with Crippen molar-refractivity contribution in [3.8, 4) is 0 Å². The minimum atomic E-state index is -0.202. The second kappa shape index (κ2) is 8.10. The summed E-state index contributed by atoms with van der Waals surface area (Å²) in [5.74, 6) is -0.0403. The zero-order chi connectivity index (χ0) is 17.8. The van der Waals surface area contributed by atoms with E-state index in [-0.39, 0.29) is 11.7 Å². The number of aromatic nitrogens is 2. The lowest BCUT2D eigenvalue weighted by Gasteiger charge is -2.34. The number of carbonyl (C=O) groups is 1. The van der Waals surface area contributed by atoms with Crippen LogP contribution in [0.5, 0.6) is 0 Å². The summed E-state index contributed by atoms with van der Waals surface area (Å²) >= 11 is 3.43. The van der Waals surface area contributed by atoms with Gasteiger partial charge in [-0.25, -0.2) is 4.39 Å². The lowest BCUT2D eigenvalue weighted by molar-refractivity contribution is -0.133. The quantitative estimate of drug-likeness (QED) is 0.763. The van der Waals surface area contributed by atoms with E-state index in [0.717, 1.165) is 48.5 Å². The molecule has 0 atom stereocenters. The normalized spacial score (nSPS) is 15.6.